The maximum Gasteiger partial charge on any atom is 0.231 e. The number of hydrogen-bond donors (Lipinski definition) is 3. The lowest BCUT2D eigenvalue weighted by atomic mass is 10.0. The fourth-order valence-electron chi connectivity index (χ4n) is 3.80. The van der Waals surface area contributed by atoms with Crippen LogP contribution in [0.1, 0.15) is 24.1 Å². The Hall–Kier alpha value is -3.43. The zero-order valence-corrected chi connectivity index (χ0v) is 22.3. The predicted octanol–water partition coefficient (Wildman–Crippen LogP) is 6.06. The van der Waals surface area contributed by atoms with E-state index in [1.54, 1.807) is 22.9 Å². The minimum Gasteiger partial charge on any atom is -0.454 e. The number of ether oxygens (including phenoxy) is 2. The molecule has 1 unspecified atom stereocenters. The molecule has 0 bridgehead atoms. The zero-order valence-electron chi connectivity index (χ0n) is 20.1. The minimum absolute atomic E-state index is 0.00343. The Labute approximate surface area is 229 Å². The van der Waals surface area contributed by atoms with E-state index in [4.69, 9.17) is 56.0 Å². The molecule has 1 aromatic heterocycles. The second kappa shape index (κ2) is 11.7. The number of hydrazone groups is 1. The van der Waals surface area contributed by atoms with Crippen LogP contribution < -0.4 is 26.6 Å². The summed E-state index contributed by atoms with van der Waals surface area (Å²) in [4.78, 5) is 0. The fourth-order valence-corrected chi connectivity index (χ4v) is 4.36. The zero-order chi connectivity index (χ0) is 26.5. The molecular weight excluding hydrogens is 535 g/mol. The summed E-state index contributed by atoms with van der Waals surface area (Å²) < 4.78 is 12.6. The number of benzene rings is 3. The van der Waals surface area contributed by atoms with E-state index in [2.05, 4.69) is 15.6 Å². The Balaban J connectivity index is 0.000000197. The van der Waals surface area contributed by atoms with Crippen LogP contribution in [0.5, 0.6) is 11.5 Å². The monoisotopic (exact) mass is 558 g/mol. The fraction of sp³-hybridized carbons (Fsp3) is 0.154. The molecule has 1 aliphatic heterocycles. The Morgan fingerprint density at radius 1 is 1.00 bits per heavy atom. The number of hydrazine groups is 1. The van der Waals surface area contributed by atoms with E-state index in [-0.39, 0.29) is 12.7 Å². The third kappa shape index (κ3) is 6.11. The molecule has 1 aliphatic rings. The molecule has 1 atom stereocenters. The van der Waals surface area contributed by atoms with E-state index in [9.17, 15) is 0 Å². The van der Waals surface area contributed by atoms with Gasteiger partial charge < -0.3 is 20.7 Å². The van der Waals surface area contributed by atoms with Crippen LogP contribution in [0, 0.1) is 6.92 Å². The van der Waals surface area contributed by atoms with Gasteiger partial charge in [-0.15, -0.1) is 0 Å². The number of fused-ring (bicyclic) bond motifs is 1. The molecule has 4 aromatic rings. The second-order valence-electron chi connectivity index (χ2n) is 8.18. The molecule has 8 nitrogen and oxygen atoms in total. The third-order valence-corrected chi connectivity index (χ3v) is 6.47. The molecule has 3 aromatic carbocycles. The van der Waals surface area contributed by atoms with E-state index < -0.39 is 0 Å². The van der Waals surface area contributed by atoms with E-state index in [1.165, 1.54) is 0 Å². The van der Waals surface area contributed by atoms with Crippen LogP contribution in [0.3, 0.4) is 0 Å². The third-order valence-electron chi connectivity index (χ3n) is 5.68. The highest BCUT2D eigenvalue weighted by Crippen LogP contribution is 2.37. The van der Waals surface area contributed by atoms with Gasteiger partial charge in [-0.1, -0.05) is 53.9 Å². The number of aryl methyl sites for hydroxylation is 1. The first-order chi connectivity index (χ1) is 17.8. The van der Waals surface area contributed by atoms with Crippen molar-refractivity contribution >= 4 is 40.6 Å². The van der Waals surface area contributed by atoms with Gasteiger partial charge in [0.25, 0.3) is 0 Å². The molecule has 0 saturated heterocycles. The molecular formula is C26H25Cl3N6O2. The van der Waals surface area contributed by atoms with Gasteiger partial charge in [0.1, 0.15) is 5.84 Å². The van der Waals surface area contributed by atoms with Crippen molar-refractivity contribution in [1.29, 1.82) is 0 Å². The van der Waals surface area contributed by atoms with Crippen molar-refractivity contribution in [3.8, 4) is 28.4 Å². The number of hydrogen-bond acceptors (Lipinski definition) is 6. The first kappa shape index (κ1) is 26.6. The van der Waals surface area contributed by atoms with Gasteiger partial charge in [-0.3, -0.25) is 0 Å². The molecule has 2 heterocycles. The molecule has 5 N–H and O–H groups in total. The molecule has 0 saturated carbocycles. The van der Waals surface area contributed by atoms with Crippen molar-refractivity contribution in [1.82, 2.24) is 15.2 Å². The Kier molecular flexibility index (Phi) is 8.45. The number of rotatable bonds is 4. The van der Waals surface area contributed by atoms with Crippen molar-refractivity contribution < 1.29 is 9.47 Å². The normalized spacial score (nSPS) is 13.1. The molecule has 0 radical (unpaired) electrons. The molecule has 0 spiro atoms. The van der Waals surface area contributed by atoms with Crippen molar-refractivity contribution in [3.05, 3.63) is 93.1 Å². The topological polar surface area (TPSA) is 113 Å². The summed E-state index contributed by atoms with van der Waals surface area (Å²) in [6.07, 6.45) is 0. The van der Waals surface area contributed by atoms with Crippen LogP contribution in [0.2, 0.25) is 15.1 Å². The van der Waals surface area contributed by atoms with Crippen molar-refractivity contribution in [2.24, 2.45) is 16.8 Å². The van der Waals surface area contributed by atoms with Crippen molar-refractivity contribution in [3.63, 3.8) is 0 Å². The van der Waals surface area contributed by atoms with Gasteiger partial charge in [-0.2, -0.15) is 10.2 Å². The van der Waals surface area contributed by atoms with Gasteiger partial charge in [0, 0.05) is 21.5 Å². The predicted molar refractivity (Wildman–Crippen MR) is 149 cm³/mol. The first-order valence-electron chi connectivity index (χ1n) is 11.2. The van der Waals surface area contributed by atoms with Gasteiger partial charge in [0.05, 0.1) is 22.1 Å². The lowest BCUT2D eigenvalue weighted by Crippen LogP contribution is -2.35. The number of aromatic nitrogens is 2. The van der Waals surface area contributed by atoms with Gasteiger partial charge in [0.15, 0.2) is 11.5 Å². The molecule has 11 heteroatoms. The van der Waals surface area contributed by atoms with Crippen LogP contribution in [0.25, 0.3) is 16.9 Å². The summed E-state index contributed by atoms with van der Waals surface area (Å²) in [5, 5.41) is 9.98. The Morgan fingerprint density at radius 2 is 1.76 bits per heavy atom. The molecule has 37 heavy (non-hydrogen) atoms. The quantitative estimate of drug-likeness (QED) is 0.121. The first-order valence-corrected chi connectivity index (χ1v) is 12.4. The largest absolute Gasteiger partial charge is 0.454 e. The van der Waals surface area contributed by atoms with Crippen LogP contribution in [0.15, 0.2) is 71.8 Å². The molecule has 192 valence electrons. The lowest BCUT2D eigenvalue weighted by molar-refractivity contribution is 0.174. The standard InChI is InChI=1S/C17H12Cl2N2O2.C9H13ClN4/c1-10-6-14(11-2-5-16-17(7-11)23-9-22-16)21(20-10)15-8-12(18)3-4-13(15)19;1-6(9(13-11)14-12)7-3-2-4-8(10)5-7/h2-8H,9H2,1H3;2-6H,11-12H2,1H3,(H,13,14). The van der Waals surface area contributed by atoms with Crippen LogP contribution in [-0.4, -0.2) is 22.4 Å². The number of nitrogens with two attached hydrogens (primary N) is 2. The average molecular weight is 560 g/mol. The van der Waals surface area contributed by atoms with Crippen LogP contribution >= 0.6 is 34.8 Å². The van der Waals surface area contributed by atoms with E-state index in [0.29, 0.717) is 20.9 Å². The summed E-state index contributed by atoms with van der Waals surface area (Å²) in [6, 6.07) is 20.6. The van der Waals surface area contributed by atoms with Crippen LogP contribution in [0.4, 0.5) is 0 Å². The number of nitrogens with one attached hydrogen (secondary N) is 1. The van der Waals surface area contributed by atoms with E-state index in [0.717, 1.165) is 39.7 Å². The van der Waals surface area contributed by atoms with Crippen molar-refractivity contribution in [2.75, 3.05) is 6.79 Å². The molecule has 0 aliphatic carbocycles. The summed E-state index contributed by atoms with van der Waals surface area (Å²) in [7, 11) is 0. The second-order valence-corrected chi connectivity index (χ2v) is 9.46. The summed E-state index contributed by atoms with van der Waals surface area (Å²) >= 11 is 18.3. The van der Waals surface area contributed by atoms with Crippen LogP contribution in [-0.2, 0) is 0 Å². The Bertz CT molecular complexity index is 1440. The Morgan fingerprint density at radius 3 is 2.49 bits per heavy atom. The van der Waals surface area contributed by atoms with Gasteiger partial charge >= 0.3 is 0 Å². The smallest absolute Gasteiger partial charge is 0.231 e. The van der Waals surface area contributed by atoms with E-state index >= 15 is 0 Å². The lowest BCUT2D eigenvalue weighted by Gasteiger charge is -2.13. The number of halogens is 3. The highest BCUT2D eigenvalue weighted by molar-refractivity contribution is 6.34. The maximum absolute atomic E-state index is 6.33. The highest BCUT2D eigenvalue weighted by Gasteiger charge is 2.18. The maximum atomic E-state index is 6.33. The van der Waals surface area contributed by atoms with Crippen molar-refractivity contribution in [2.45, 2.75) is 19.8 Å². The summed E-state index contributed by atoms with van der Waals surface area (Å²) in [5.74, 6) is 12.4. The molecule has 5 rings (SSSR count). The molecule has 0 amide bonds. The van der Waals surface area contributed by atoms with Gasteiger partial charge in [0.2, 0.25) is 6.79 Å². The highest BCUT2D eigenvalue weighted by atomic mass is 35.5. The van der Waals surface area contributed by atoms with E-state index in [1.807, 2.05) is 62.4 Å². The number of nitrogens with zero attached hydrogens (tertiary/aromatic N) is 3. The number of amidine groups is 1. The van der Waals surface area contributed by atoms with Gasteiger partial charge in [-0.05, 0) is 67.1 Å². The molecule has 0 fully saturated rings. The van der Waals surface area contributed by atoms with Gasteiger partial charge in [-0.25, -0.2) is 10.5 Å². The minimum atomic E-state index is 0.00343. The SMILES string of the molecule is CC(/C(=N/N)NN)c1cccc(Cl)c1.Cc1cc(-c2ccc3c(c2)OCO3)n(-c2cc(Cl)ccc2Cl)n1. The summed E-state index contributed by atoms with van der Waals surface area (Å²) in [6.45, 7) is 4.12. The summed E-state index contributed by atoms with van der Waals surface area (Å²) in [5.41, 5.74) is 6.96. The average Bonchev–Trinajstić information content (AvgIpc) is 3.52.